The van der Waals surface area contributed by atoms with E-state index in [9.17, 15) is 14.9 Å². The number of pyridine rings is 1. The molecule has 0 saturated carbocycles. The van der Waals surface area contributed by atoms with Crippen molar-refractivity contribution >= 4 is 47.2 Å². The third kappa shape index (κ3) is 4.97. The smallest absolute Gasteiger partial charge is 0.337 e. The van der Waals surface area contributed by atoms with Gasteiger partial charge in [-0.1, -0.05) is 29.4 Å². The van der Waals surface area contributed by atoms with Gasteiger partial charge in [-0.2, -0.15) is 0 Å². The number of carboxylic acid groups (broad SMARTS) is 1. The number of nitrogens with zero attached hydrogens (tertiary/aromatic N) is 2. The number of benzene rings is 2. The number of aromatic carboxylic acids is 1. The lowest BCUT2D eigenvalue weighted by Crippen LogP contribution is -1.96. The lowest BCUT2D eigenvalue weighted by molar-refractivity contribution is -0.384. The van der Waals surface area contributed by atoms with E-state index in [0.717, 1.165) is 9.79 Å². The van der Waals surface area contributed by atoms with Crippen LogP contribution in [-0.2, 0) is 0 Å². The van der Waals surface area contributed by atoms with Gasteiger partial charge in [0.05, 0.1) is 16.2 Å². The van der Waals surface area contributed by atoms with E-state index in [0.29, 0.717) is 16.3 Å². The predicted molar refractivity (Wildman–Crippen MR) is 109 cm³/mol. The summed E-state index contributed by atoms with van der Waals surface area (Å²) < 4.78 is 0. The Kier molecular flexibility index (Phi) is 6.08. The minimum Gasteiger partial charge on any atom is -0.478 e. The van der Waals surface area contributed by atoms with Crippen LogP contribution in [-0.4, -0.2) is 21.0 Å². The second-order valence-electron chi connectivity index (χ2n) is 5.65. The first-order chi connectivity index (χ1) is 13.4. The fourth-order valence-electron chi connectivity index (χ4n) is 2.31. The van der Waals surface area contributed by atoms with Gasteiger partial charge >= 0.3 is 5.97 Å². The van der Waals surface area contributed by atoms with Gasteiger partial charge in [0.25, 0.3) is 5.69 Å². The quantitative estimate of drug-likeness (QED) is 0.414. The van der Waals surface area contributed by atoms with Gasteiger partial charge in [0.1, 0.15) is 0 Å². The van der Waals surface area contributed by atoms with Crippen molar-refractivity contribution in [1.29, 1.82) is 0 Å². The van der Waals surface area contributed by atoms with E-state index in [1.165, 1.54) is 36.2 Å². The second kappa shape index (κ2) is 8.69. The van der Waals surface area contributed by atoms with E-state index in [-0.39, 0.29) is 11.3 Å². The summed E-state index contributed by atoms with van der Waals surface area (Å²) in [5.41, 5.74) is 1.26. The van der Waals surface area contributed by atoms with Crippen LogP contribution < -0.4 is 0 Å². The van der Waals surface area contributed by atoms with Crippen LogP contribution in [0.1, 0.15) is 21.6 Å². The summed E-state index contributed by atoms with van der Waals surface area (Å²) in [7, 11) is 0. The number of carbonyl (C=O) groups is 1. The van der Waals surface area contributed by atoms with Gasteiger partial charge in [-0.3, -0.25) is 15.1 Å². The maximum Gasteiger partial charge on any atom is 0.337 e. The van der Waals surface area contributed by atoms with E-state index in [1.807, 2.05) is 12.1 Å². The molecule has 2 aromatic carbocycles. The summed E-state index contributed by atoms with van der Waals surface area (Å²) >= 11 is 7.36. The van der Waals surface area contributed by atoms with Crippen molar-refractivity contribution in [3.05, 3.63) is 92.8 Å². The number of aromatic nitrogens is 1. The summed E-state index contributed by atoms with van der Waals surface area (Å²) in [4.78, 5) is 27.4. The average Bonchev–Trinajstić information content (AvgIpc) is 2.69. The highest BCUT2D eigenvalue weighted by molar-refractivity contribution is 7.99. The highest BCUT2D eigenvalue weighted by atomic mass is 35.5. The minimum absolute atomic E-state index is 0.0192. The Morgan fingerprint density at radius 1 is 1.11 bits per heavy atom. The third-order valence-corrected chi connectivity index (χ3v) is 5.06. The molecule has 0 aliphatic carbocycles. The van der Waals surface area contributed by atoms with E-state index in [2.05, 4.69) is 4.98 Å². The van der Waals surface area contributed by atoms with Crippen LogP contribution in [0.5, 0.6) is 0 Å². The van der Waals surface area contributed by atoms with Gasteiger partial charge in [-0.05, 0) is 54.1 Å². The van der Waals surface area contributed by atoms with E-state index in [1.54, 1.807) is 36.4 Å². The number of rotatable bonds is 6. The number of hydrogen-bond donors (Lipinski definition) is 1. The summed E-state index contributed by atoms with van der Waals surface area (Å²) in [6.45, 7) is 0. The Bertz CT molecular complexity index is 1050. The maximum absolute atomic E-state index is 11.1. The van der Waals surface area contributed by atoms with Crippen molar-refractivity contribution in [2.75, 3.05) is 0 Å². The number of nitro groups is 1. The molecule has 1 heterocycles. The molecule has 1 N–H and O–H groups in total. The largest absolute Gasteiger partial charge is 0.478 e. The van der Waals surface area contributed by atoms with Gasteiger partial charge in [-0.25, -0.2) is 4.79 Å². The molecule has 0 amide bonds. The van der Waals surface area contributed by atoms with Crippen molar-refractivity contribution in [3.63, 3.8) is 0 Å². The van der Waals surface area contributed by atoms with Crippen LogP contribution in [0.2, 0.25) is 5.02 Å². The molecule has 1 aromatic heterocycles. The standard InChI is InChI=1S/C20H13ClN2O4S/c21-15-3-8-18(9-4-15)28-19-10-7-17(23(26)27)11-13(19)1-5-16-6-2-14(12-22-16)20(24)25/h1-12H,(H,24,25)/b5-1+. The minimum atomic E-state index is -1.05. The molecule has 28 heavy (non-hydrogen) atoms. The summed E-state index contributed by atoms with van der Waals surface area (Å²) in [6, 6.07) is 14.9. The van der Waals surface area contributed by atoms with E-state index >= 15 is 0 Å². The Hall–Kier alpha value is -3.16. The zero-order valence-electron chi connectivity index (χ0n) is 14.3. The monoisotopic (exact) mass is 412 g/mol. The first-order valence-electron chi connectivity index (χ1n) is 8.01. The Morgan fingerprint density at radius 2 is 1.86 bits per heavy atom. The lowest BCUT2D eigenvalue weighted by atomic mass is 10.1. The molecule has 0 fully saturated rings. The highest BCUT2D eigenvalue weighted by Gasteiger charge is 2.11. The van der Waals surface area contributed by atoms with E-state index < -0.39 is 10.9 Å². The van der Waals surface area contributed by atoms with Crippen LogP contribution in [0.3, 0.4) is 0 Å². The lowest BCUT2D eigenvalue weighted by Gasteiger charge is -2.06. The fraction of sp³-hybridized carbons (Fsp3) is 0. The van der Waals surface area contributed by atoms with Crippen LogP contribution in [0.25, 0.3) is 12.2 Å². The molecule has 140 valence electrons. The Morgan fingerprint density at radius 3 is 2.46 bits per heavy atom. The molecule has 6 nitrogen and oxygen atoms in total. The van der Waals surface area contributed by atoms with Crippen molar-refractivity contribution < 1.29 is 14.8 Å². The van der Waals surface area contributed by atoms with Crippen LogP contribution in [0, 0.1) is 10.1 Å². The van der Waals surface area contributed by atoms with Crippen LogP contribution in [0.4, 0.5) is 5.69 Å². The van der Waals surface area contributed by atoms with Crippen molar-refractivity contribution in [1.82, 2.24) is 4.98 Å². The van der Waals surface area contributed by atoms with Crippen LogP contribution >= 0.6 is 23.4 Å². The second-order valence-corrected chi connectivity index (χ2v) is 7.20. The van der Waals surface area contributed by atoms with E-state index in [4.69, 9.17) is 16.7 Å². The van der Waals surface area contributed by atoms with Gasteiger partial charge < -0.3 is 5.11 Å². The molecular weight excluding hydrogens is 400 g/mol. The molecule has 0 aliphatic rings. The Labute approximate surface area is 169 Å². The molecule has 0 radical (unpaired) electrons. The van der Waals surface area contributed by atoms with Crippen molar-refractivity contribution in [3.8, 4) is 0 Å². The molecule has 0 atom stereocenters. The molecule has 8 heteroatoms. The highest BCUT2D eigenvalue weighted by Crippen LogP contribution is 2.34. The van der Waals surface area contributed by atoms with Gasteiger partial charge in [0.15, 0.2) is 0 Å². The maximum atomic E-state index is 11.1. The summed E-state index contributed by atoms with van der Waals surface area (Å²) in [5, 5.41) is 20.7. The molecule has 0 aliphatic heterocycles. The van der Waals surface area contributed by atoms with Gasteiger partial charge in [0.2, 0.25) is 0 Å². The van der Waals surface area contributed by atoms with Crippen molar-refractivity contribution in [2.24, 2.45) is 0 Å². The third-order valence-electron chi connectivity index (χ3n) is 3.71. The predicted octanol–water partition coefficient (Wildman–Crippen LogP) is 5.66. The average molecular weight is 413 g/mol. The normalized spacial score (nSPS) is 10.9. The molecular formula is C20H13ClN2O4S. The summed E-state index contributed by atoms with van der Waals surface area (Å²) in [5.74, 6) is -1.05. The SMILES string of the molecule is O=C(O)c1ccc(/C=C/c2cc([N+](=O)[O-])ccc2Sc2ccc(Cl)cc2)nc1. The first-order valence-corrected chi connectivity index (χ1v) is 9.21. The first kappa shape index (κ1) is 19.6. The molecule has 0 bridgehead atoms. The number of carboxylic acids is 1. The van der Waals surface area contributed by atoms with Gasteiger partial charge in [0, 0.05) is 33.1 Å². The molecule has 0 spiro atoms. The molecule has 3 rings (SSSR count). The summed E-state index contributed by atoms with van der Waals surface area (Å²) in [6.07, 6.45) is 4.66. The zero-order valence-corrected chi connectivity index (χ0v) is 15.9. The topological polar surface area (TPSA) is 93.3 Å². The van der Waals surface area contributed by atoms with Gasteiger partial charge in [-0.15, -0.1) is 0 Å². The molecule has 0 saturated heterocycles. The number of nitro benzene ring substituents is 1. The van der Waals surface area contributed by atoms with Crippen molar-refractivity contribution in [2.45, 2.75) is 9.79 Å². The molecule has 0 unspecified atom stereocenters. The molecule has 3 aromatic rings. The Balaban J connectivity index is 1.92. The fourth-order valence-corrected chi connectivity index (χ4v) is 3.34. The zero-order chi connectivity index (χ0) is 20.1. The number of non-ortho nitro benzene ring substituents is 1. The number of hydrogen-bond acceptors (Lipinski definition) is 5. The van der Waals surface area contributed by atoms with Crippen LogP contribution in [0.15, 0.2) is 70.6 Å². The number of halogens is 1.